The van der Waals surface area contributed by atoms with Gasteiger partial charge in [0.1, 0.15) is 0 Å². The van der Waals surface area contributed by atoms with E-state index in [1.165, 1.54) is 32.1 Å². The predicted octanol–water partition coefficient (Wildman–Crippen LogP) is 3.77. The monoisotopic (exact) mass is 219 g/mol. The zero-order chi connectivity index (χ0) is 11.4. The highest BCUT2D eigenvalue weighted by Crippen LogP contribution is 2.30. The number of nitrogens with zero attached hydrogens (tertiary/aromatic N) is 1. The van der Waals surface area contributed by atoms with E-state index in [0.29, 0.717) is 12.1 Å². The van der Waals surface area contributed by atoms with Gasteiger partial charge in [-0.25, -0.2) is 0 Å². The minimum Gasteiger partial charge on any atom is -0.291 e. The van der Waals surface area contributed by atoms with Crippen molar-refractivity contribution >= 4 is 0 Å². The van der Waals surface area contributed by atoms with Crippen molar-refractivity contribution in [3.8, 4) is 0 Å². The smallest absolute Gasteiger partial charge is 0.0312 e. The van der Waals surface area contributed by atoms with Crippen LogP contribution in [0.4, 0.5) is 0 Å². The van der Waals surface area contributed by atoms with E-state index in [-0.39, 0.29) is 0 Å². The summed E-state index contributed by atoms with van der Waals surface area (Å²) >= 11 is 0. The molecule has 2 unspecified atom stereocenters. The molecule has 0 amide bonds. The van der Waals surface area contributed by atoms with Gasteiger partial charge < -0.3 is 0 Å². The zero-order valence-electron chi connectivity index (χ0n) is 10.7. The molecule has 0 aromatic heterocycles. The summed E-state index contributed by atoms with van der Waals surface area (Å²) in [5, 5.41) is 0. The molecule has 0 fully saturated rings. The Balaban J connectivity index is 2.16. The van der Waals surface area contributed by atoms with Crippen molar-refractivity contribution in [2.24, 2.45) is 5.92 Å². The van der Waals surface area contributed by atoms with Crippen molar-refractivity contribution in [3.63, 3.8) is 0 Å². The molecular formula is C15H25N. The summed E-state index contributed by atoms with van der Waals surface area (Å²) in [4.78, 5) is 2.65. The second-order valence-electron chi connectivity index (χ2n) is 5.45. The first-order valence-electron chi connectivity index (χ1n) is 6.86. The van der Waals surface area contributed by atoms with Crippen LogP contribution < -0.4 is 0 Å². The lowest BCUT2D eigenvalue weighted by Gasteiger charge is -2.39. The summed E-state index contributed by atoms with van der Waals surface area (Å²) in [6.45, 7) is 5.78. The van der Waals surface area contributed by atoms with Crippen molar-refractivity contribution in [3.05, 3.63) is 24.3 Å². The van der Waals surface area contributed by atoms with Crippen LogP contribution in [0, 0.1) is 5.92 Å². The standard InChI is InChI=1S/C15H25N/c1-13(2)16-12-8-4-3-5-9-14-10-6-7-11-15(14)16/h4,7-8,11,13-15H,3,5-6,9-10,12H2,1-2H3/b8-4-. The molecule has 2 aliphatic rings. The Morgan fingerprint density at radius 2 is 1.94 bits per heavy atom. The number of rotatable bonds is 1. The summed E-state index contributed by atoms with van der Waals surface area (Å²) in [6.07, 6.45) is 16.3. The third-order valence-corrected chi connectivity index (χ3v) is 4.00. The molecule has 1 aliphatic carbocycles. The third kappa shape index (κ3) is 2.76. The van der Waals surface area contributed by atoms with Gasteiger partial charge in [-0.05, 0) is 51.9 Å². The van der Waals surface area contributed by atoms with Gasteiger partial charge in [-0.2, -0.15) is 0 Å². The van der Waals surface area contributed by atoms with E-state index in [2.05, 4.69) is 43.1 Å². The Morgan fingerprint density at radius 3 is 2.75 bits per heavy atom. The molecule has 0 saturated carbocycles. The van der Waals surface area contributed by atoms with Crippen molar-refractivity contribution in [2.45, 2.75) is 58.0 Å². The lowest BCUT2D eigenvalue weighted by Crippen LogP contribution is -2.44. The molecule has 1 heterocycles. The minimum absolute atomic E-state index is 0.651. The Kier molecular flexibility index (Phi) is 4.22. The zero-order valence-corrected chi connectivity index (χ0v) is 10.7. The summed E-state index contributed by atoms with van der Waals surface area (Å²) in [7, 11) is 0. The van der Waals surface area contributed by atoms with Gasteiger partial charge in [0, 0.05) is 18.6 Å². The number of hydrogen-bond donors (Lipinski definition) is 0. The van der Waals surface area contributed by atoms with Gasteiger partial charge in [-0.3, -0.25) is 4.90 Å². The maximum atomic E-state index is 2.65. The van der Waals surface area contributed by atoms with Gasteiger partial charge in [-0.15, -0.1) is 0 Å². The Hall–Kier alpha value is -0.560. The van der Waals surface area contributed by atoms with Crippen molar-refractivity contribution in [1.29, 1.82) is 0 Å². The van der Waals surface area contributed by atoms with Crippen LogP contribution in [0.15, 0.2) is 24.3 Å². The highest BCUT2D eigenvalue weighted by atomic mass is 15.2. The van der Waals surface area contributed by atoms with Gasteiger partial charge in [0.2, 0.25) is 0 Å². The van der Waals surface area contributed by atoms with Crippen LogP contribution in [0.25, 0.3) is 0 Å². The number of allylic oxidation sites excluding steroid dienone is 2. The highest BCUT2D eigenvalue weighted by molar-refractivity contribution is 5.05. The average Bonchev–Trinajstić information content (AvgIpc) is 2.38. The molecule has 0 saturated heterocycles. The van der Waals surface area contributed by atoms with Gasteiger partial charge in [0.25, 0.3) is 0 Å². The molecular weight excluding hydrogens is 194 g/mol. The SMILES string of the molecule is CC(C)N1C/C=C\CCCC2CCC=CC21. The van der Waals surface area contributed by atoms with Gasteiger partial charge in [0.05, 0.1) is 0 Å². The maximum absolute atomic E-state index is 2.65. The first-order chi connectivity index (χ1) is 7.79. The lowest BCUT2D eigenvalue weighted by atomic mass is 9.84. The van der Waals surface area contributed by atoms with Gasteiger partial charge in [0.15, 0.2) is 0 Å². The average molecular weight is 219 g/mol. The van der Waals surface area contributed by atoms with E-state index < -0.39 is 0 Å². The fourth-order valence-electron chi connectivity index (χ4n) is 3.06. The Labute approximate surface area is 100 Å². The second-order valence-corrected chi connectivity index (χ2v) is 5.45. The predicted molar refractivity (Wildman–Crippen MR) is 70.5 cm³/mol. The molecule has 2 atom stereocenters. The fraction of sp³-hybridized carbons (Fsp3) is 0.733. The number of fused-ring (bicyclic) bond motifs is 1. The molecule has 0 bridgehead atoms. The van der Waals surface area contributed by atoms with E-state index >= 15 is 0 Å². The van der Waals surface area contributed by atoms with Gasteiger partial charge in [-0.1, -0.05) is 24.3 Å². The molecule has 0 aromatic carbocycles. The van der Waals surface area contributed by atoms with E-state index in [1.54, 1.807) is 0 Å². The van der Waals surface area contributed by atoms with Crippen LogP contribution in [0.1, 0.15) is 46.0 Å². The van der Waals surface area contributed by atoms with Crippen LogP contribution >= 0.6 is 0 Å². The van der Waals surface area contributed by atoms with Crippen LogP contribution in [-0.2, 0) is 0 Å². The maximum Gasteiger partial charge on any atom is 0.0312 e. The molecule has 16 heavy (non-hydrogen) atoms. The molecule has 0 aromatic rings. The number of hydrogen-bond acceptors (Lipinski definition) is 1. The molecule has 0 N–H and O–H groups in total. The second kappa shape index (κ2) is 5.67. The van der Waals surface area contributed by atoms with Crippen LogP contribution in [0.2, 0.25) is 0 Å². The Morgan fingerprint density at radius 1 is 1.06 bits per heavy atom. The van der Waals surface area contributed by atoms with E-state index in [0.717, 1.165) is 12.5 Å². The minimum atomic E-state index is 0.651. The first kappa shape index (κ1) is 11.9. The summed E-state index contributed by atoms with van der Waals surface area (Å²) in [5.74, 6) is 0.896. The fourth-order valence-corrected chi connectivity index (χ4v) is 3.06. The Bertz CT molecular complexity index is 265. The van der Waals surface area contributed by atoms with Crippen LogP contribution in [0.5, 0.6) is 0 Å². The molecule has 1 aliphatic heterocycles. The molecule has 0 spiro atoms. The molecule has 2 rings (SSSR count). The van der Waals surface area contributed by atoms with E-state index in [4.69, 9.17) is 0 Å². The normalized spacial score (nSPS) is 33.9. The highest BCUT2D eigenvalue weighted by Gasteiger charge is 2.28. The molecule has 1 heteroatoms. The van der Waals surface area contributed by atoms with Crippen molar-refractivity contribution in [2.75, 3.05) is 6.54 Å². The van der Waals surface area contributed by atoms with Gasteiger partial charge >= 0.3 is 0 Å². The van der Waals surface area contributed by atoms with E-state index in [9.17, 15) is 0 Å². The first-order valence-corrected chi connectivity index (χ1v) is 6.86. The molecule has 1 nitrogen and oxygen atoms in total. The largest absolute Gasteiger partial charge is 0.291 e. The van der Waals surface area contributed by atoms with E-state index in [1.807, 2.05) is 0 Å². The molecule has 0 radical (unpaired) electrons. The van der Waals surface area contributed by atoms with Crippen LogP contribution in [-0.4, -0.2) is 23.5 Å². The van der Waals surface area contributed by atoms with Crippen LogP contribution in [0.3, 0.4) is 0 Å². The summed E-state index contributed by atoms with van der Waals surface area (Å²) < 4.78 is 0. The summed E-state index contributed by atoms with van der Waals surface area (Å²) in [5.41, 5.74) is 0. The molecule has 90 valence electrons. The van der Waals surface area contributed by atoms with Crippen molar-refractivity contribution < 1.29 is 0 Å². The van der Waals surface area contributed by atoms with Crippen molar-refractivity contribution in [1.82, 2.24) is 4.90 Å². The third-order valence-electron chi connectivity index (χ3n) is 4.00. The lowest BCUT2D eigenvalue weighted by molar-refractivity contribution is 0.139. The summed E-state index contributed by atoms with van der Waals surface area (Å²) in [6, 6.07) is 1.34. The quantitative estimate of drug-likeness (QED) is 0.607. The topological polar surface area (TPSA) is 3.24 Å².